The molecule has 1 aromatic heterocycles. The average molecular weight is 274 g/mol. The Kier molecular flexibility index (Phi) is 3.38. The van der Waals surface area contributed by atoms with Crippen LogP contribution in [0.25, 0.3) is 0 Å². The Bertz CT molecular complexity index is 496. The van der Waals surface area contributed by atoms with Crippen molar-refractivity contribution in [3.8, 4) is 5.75 Å². The molecule has 0 spiro atoms. The Hall–Kier alpha value is -1.79. The maximum atomic E-state index is 12.6. The summed E-state index contributed by atoms with van der Waals surface area (Å²) in [5.74, 6) is -0.433. The Morgan fingerprint density at radius 3 is 2.53 bits per heavy atom. The van der Waals surface area contributed by atoms with Gasteiger partial charge in [0, 0.05) is 14.1 Å². The fraction of sp³-hybridized carbons (Fsp3) is 0.500. The molecular formula is C12H13F3N2O2. The zero-order valence-electron chi connectivity index (χ0n) is 10.5. The summed E-state index contributed by atoms with van der Waals surface area (Å²) in [6.45, 7) is 0. The minimum Gasteiger partial charge on any atom is -0.488 e. The number of alkyl halides is 3. The van der Waals surface area contributed by atoms with E-state index in [9.17, 15) is 18.0 Å². The van der Waals surface area contributed by atoms with Crippen molar-refractivity contribution in [1.82, 2.24) is 9.88 Å². The fourth-order valence-electron chi connectivity index (χ4n) is 1.47. The number of hydrogen-bond acceptors (Lipinski definition) is 3. The molecule has 1 saturated carbocycles. The largest absolute Gasteiger partial charge is 0.488 e. The van der Waals surface area contributed by atoms with Crippen LogP contribution in [-0.2, 0) is 6.18 Å². The van der Waals surface area contributed by atoms with E-state index in [0.29, 0.717) is 0 Å². The van der Waals surface area contributed by atoms with Gasteiger partial charge in [0.1, 0.15) is 5.69 Å². The van der Waals surface area contributed by atoms with Crippen molar-refractivity contribution in [3.63, 3.8) is 0 Å². The van der Waals surface area contributed by atoms with Crippen LogP contribution in [0.15, 0.2) is 12.3 Å². The first-order valence-corrected chi connectivity index (χ1v) is 5.74. The first kappa shape index (κ1) is 13.6. The molecule has 7 heteroatoms. The summed E-state index contributed by atoms with van der Waals surface area (Å²) in [6, 6.07) is 0.736. The molecule has 1 heterocycles. The predicted molar refractivity (Wildman–Crippen MR) is 60.9 cm³/mol. The molecule has 19 heavy (non-hydrogen) atoms. The average Bonchev–Trinajstić information content (AvgIpc) is 3.11. The maximum Gasteiger partial charge on any atom is 0.433 e. The first-order chi connectivity index (χ1) is 8.79. The van der Waals surface area contributed by atoms with E-state index < -0.39 is 17.8 Å². The number of carbonyl (C=O) groups is 1. The minimum absolute atomic E-state index is 0.0211. The van der Waals surface area contributed by atoms with E-state index in [2.05, 4.69) is 4.98 Å². The number of hydrogen-bond donors (Lipinski definition) is 0. The number of rotatable bonds is 3. The van der Waals surface area contributed by atoms with Gasteiger partial charge in [-0.1, -0.05) is 0 Å². The third-order valence-corrected chi connectivity index (χ3v) is 2.61. The Labute approximate surface area is 108 Å². The fourth-order valence-corrected chi connectivity index (χ4v) is 1.47. The zero-order valence-corrected chi connectivity index (χ0v) is 10.5. The highest BCUT2D eigenvalue weighted by Gasteiger charge is 2.35. The van der Waals surface area contributed by atoms with Crippen molar-refractivity contribution >= 4 is 5.91 Å². The third-order valence-electron chi connectivity index (χ3n) is 2.61. The van der Waals surface area contributed by atoms with Gasteiger partial charge in [0.25, 0.3) is 5.91 Å². The normalized spacial score (nSPS) is 15.2. The van der Waals surface area contributed by atoms with Crippen LogP contribution in [0.1, 0.15) is 28.9 Å². The van der Waals surface area contributed by atoms with Crippen molar-refractivity contribution in [3.05, 3.63) is 23.5 Å². The topological polar surface area (TPSA) is 42.4 Å². The second kappa shape index (κ2) is 4.71. The molecule has 1 aliphatic carbocycles. The van der Waals surface area contributed by atoms with Crippen molar-refractivity contribution < 1.29 is 22.7 Å². The highest BCUT2D eigenvalue weighted by atomic mass is 19.4. The third kappa shape index (κ3) is 3.15. The quantitative estimate of drug-likeness (QED) is 0.849. The van der Waals surface area contributed by atoms with Crippen LogP contribution in [0.5, 0.6) is 5.75 Å². The SMILES string of the molecule is CN(C)C(=O)c1cc(C(F)(F)F)ncc1OC1CC1. The highest BCUT2D eigenvalue weighted by molar-refractivity contribution is 5.96. The van der Waals surface area contributed by atoms with Gasteiger partial charge in [0.2, 0.25) is 0 Å². The number of pyridine rings is 1. The molecule has 0 saturated heterocycles. The Balaban J connectivity index is 2.40. The second-order valence-corrected chi connectivity index (χ2v) is 4.58. The summed E-state index contributed by atoms with van der Waals surface area (Å²) in [7, 11) is 2.94. The number of ether oxygens (including phenoxy) is 1. The molecular weight excluding hydrogens is 261 g/mol. The van der Waals surface area contributed by atoms with Gasteiger partial charge >= 0.3 is 6.18 Å². The molecule has 4 nitrogen and oxygen atoms in total. The molecule has 0 unspecified atom stereocenters. The second-order valence-electron chi connectivity index (χ2n) is 4.58. The summed E-state index contributed by atoms with van der Waals surface area (Å²) in [4.78, 5) is 16.4. The van der Waals surface area contributed by atoms with Crippen LogP contribution in [0.4, 0.5) is 13.2 Å². The summed E-state index contributed by atoms with van der Waals surface area (Å²) in [5.41, 5.74) is -1.21. The van der Waals surface area contributed by atoms with Crippen LogP contribution in [-0.4, -0.2) is 36.0 Å². The summed E-state index contributed by atoms with van der Waals surface area (Å²) < 4.78 is 43.3. The monoisotopic (exact) mass is 274 g/mol. The molecule has 1 aromatic rings. The number of amides is 1. The molecule has 0 N–H and O–H groups in total. The van der Waals surface area contributed by atoms with E-state index in [0.717, 1.165) is 25.1 Å². The lowest BCUT2D eigenvalue weighted by Gasteiger charge is -2.16. The molecule has 1 aliphatic rings. The standard InChI is InChI=1S/C12H13F3N2O2/c1-17(2)11(18)8-5-10(12(13,14)15)16-6-9(8)19-7-3-4-7/h5-7H,3-4H2,1-2H3. The summed E-state index contributed by atoms with van der Waals surface area (Å²) in [5, 5.41) is 0. The molecule has 104 valence electrons. The van der Waals surface area contributed by atoms with Crippen LogP contribution in [0.2, 0.25) is 0 Å². The van der Waals surface area contributed by atoms with Crippen LogP contribution < -0.4 is 4.74 Å². The van der Waals surface area contributed by atoms with E-state index in [-0.39, 0.29) is 17.4 Å². The summed E-state index contributed by atoms with van der Waals surface area (Å²) >= 11 is 0. The summed E-state index contributed by atoms with van der Waals surface area (Å²) in [6.07, 6.45) is -1.95. The van der Waals surface area contributed by atoms with E-state index in [1.165, 1.54) is 19.0 Å². The number of aromatic nitrogens is 1. The van der Waals surface area contributed by atoms with E-state index >= 15 is 0 Å². The van der Waals surface area contributed by atoms with Gasteiger partial charge in [-0.15, -0.1) is 0 Å². The highest BCUT2D eigenvalue weighted by Crippen LogP contribution is 2.33. The number of nitrogens with zero attached hydrogens (tertiary/aromatic N) is 2. The molecule has 0 aliphatic heterocycles. The van der Waals surface area contributed by atoms with Crippen LogP contribution in [0, 0.1) is 0 Å². The Morgan fingerprint density at radius 2 is 2.05 bits per heavy atom. The van der Waals surface area contributed by atoms with Crippen molar-refractivity contribution in [2.75, 3.05) is 14.1 Å². The van der Waals surface area contributed by atoms with Crippen molar-refractivity contribution in [2.24, 2.45) is 0 Å². The molecule has 2 rings (SSSR count). The van der Waals surface area contributed by atoms with Gasteiger partial charge in [-0.25, -0.2) is 4.98 Å². The molecule has 1 amide bonds. The Morgan fingerprint density at radius 1 is 1.42 bits per heavy atom. The smallest absolute Gasteiger partial charge is 0.433 e. The maximum absolute atomic E-state index is 12.6. The lowest BCUT2D eigenvalue weighted by Crippen LogP contribution is -2.23. The minimum atomic E-state index is -4.58. The zero-order chi connectivity index (χ0) is 14.2. The molecule has 0 bridgehead atoms. The molecule has 0 radical (unpaired) electrons. The van der Waals surface area contributed by atoms with Crippen molar-refractivity contribution in [1.29, 1.82) is 0 Å². The van der Waals surface area contributed by atoms with Crippen molar-refractivity contribution in [2.45, 2.75) is 25.1 Å². The number of halogens is 3. The number of carbonyl (C=O) groups excluding carboxylic acids is 1. The van der Waals surface area contributed by atoms with Crippen LogP contribution in [0.3, 0.4) is 0 Å². The molecule has 1 fully saturated rings. The predicted octanol–water partition coefficient (Wildman–Crippen LogP) is 2.34. The lowest BCUT2D eigenvalue weighted by molar-refractivity contribution is -0.141. The van der Waals surface area contributed by atoms with E-state index in [1.807, 2.05) is 0 Å². The van der Waals surface area contributed by atoms with Gasteiger partial charge in [-0.05, 0) is 18.9 Å². The van der Waals surface area contributed by atoms with Gasteiger partial charge < -0.3 is 9.64 Å². The van der Waals surface area contributed by atoms with Gasteiger partial charge in [0.05, 0.1) is 17.9 Å². The van der Waals surface area contributed by atoms with E-state index in [4.69, 9.17) is 4.74 Å². The molecule has 0 atom stereocenters. The van der Waals surface area contributed by atoms with Gasteiger partial charge in [-0.2, -0.15) is 13.2 Å². The van der Waals surface area contributed by atoms with Gasteiger partial charge in [0.15, 0.2) is 5.75 Å². The lowest BCUT2D eigenvalue weighted by atomic mass is 10.2. The van der Waals surface area contributed by atoms with E-state index in [1.54, 1.807) is 0 Å². The van der Waals surface area contributed by atoms with Gasteiger partial charge in [-0.3, -0.25) is 4.79 Å². The first-order valence-electron chi connectivity index (χ1n) is 5.74. The molecule has 0 aromatic carbocycles. The van der Waals surface area contributed by atoms with Crippen LogP contribution >= 0.6 is 0 Å².